The fourth-order valence-electron chi connectivity index (χ4n) is 7.21. The van der Waals surface area contributed by atoms with Crippen LogP contribution in [0, 0.1) is 0 Å². The third-order valence-corrected chi connectivity index (χ3v) is 13.3. The molecule has 1 aliphatic rings. The Morgan fingerprint density at radius 3 is 1.85 bits per heavy atom. The van der Waals surface area contributed by atoms with Crippen LogP contribution in [0.2, 0.25) is 0 Å². The largest absolute Gasteiger partial charge is 0.493 e. The number of fused-ring (bicyclic) bond motifs is 1. The predicted molar refractivity (Wildman–Crippen MR) is 236 cm³/mol. The lowest BCUT2D eigenvalue weighted by molar-refractivity contribution is -0.0597. The van der Waals surface area contributed by atoms with Crippen molar-refractivity contribution < 1.29 is 48.0 Å². The molecule has 336 valence electrons. The summed E-state index contributed by atoms with van der Waals surface area (Å²) < 4.78 is 118. The van der Waals surface area contributed by atoms with Gasteiger partial charge in [0.2, 0.25) is 0 Å². The Balaban J connectivity index is 1.19. The van der Waals surface area contributed by atoms with Crippen molar-refractivity contribution in [2.24, 2.45) is 10.3 Å². The third-order valence-electron chi connectivity index (χ3n) is 10.8. The van der Waals surface area contributed by atoms with Crippen LogP contribution < -0.4 is 9.47 Å². The molecule has 0 saturated carbocycles. The van der Waals surface area contributed by atoms with Gasteiger partial charge >= 0.3 is 26.4 Å². The molecule has 15 heteroatoms. The van der Waals surface area contributed by atoms with E-state index in [0.717, 1.165) is 34.4 Å². The van der Waals surface area contributed by atoms with E-state index in [9.17, 15) is 30.0 Å². The first kappa shape index (κ1) is 48.1. The van der Waals surface area contributed by atoms with Gasteiger partial charge in [-0.15, -0.1) is 0 Å². The fraction of sp³-hybridized carbons (Fsp3) is 0.447. The van der Waals surface area contributed by atoms with Crippen LogP contribution in [-0.2, 0) is 35.2 Å². The smallest absolute Gasteiger partial charge is 0.437 e. The Hall–Kier alpha value is -4.89. The van der Waals surface area contributed by atoms with E-state index < -0.39 is 37.7 Å². The third kappa shape index (κ3) is 11.4. The van der Waals surface area contributed by atoms with E-state index in [1.165, 1.54) is 12.1 Å². The van der Waals surface area contributed by atoms with Gasteiger partial charge in [-0.25, -0.2) is 0 Å². The average molecular weight is 899 g/mol. The van der Waals surface area contributed by atoms with Crippen LogP contribution in [0.5, 0.6) is 11.5 Å². The normalized spacial score (nSPS) is 16.7. The molecular weight excluding hydrogens is 842 g/mol. The highest BCUT2D eigenvalue weighted by Gasteiger charge is 2.39. The molecule has 0 fully saturated rings. The summed E-state index contributed by atoms with van der Waals surface area (Å²) in [5.74, 6) is 0.726. The van der Waals surface area contributed by atoms with Gasteiger partial charge in [0.1, 0.15) is 21.3 Å². The Morgan fingerprint density at radius 1 is 0.806 bits per heavy atom. The maximum atomic E-state index is 14.2. The molecule has 0 aromatic heterocycles. The van der Waals surface area contributed by atoms with Crippen LogP contribution in [0.3, 0.4) is 0 Å². The van der Waals surface area contributed by atoms with Crippen LogP contribution >= 0.6 is 0 Å². The molecule has 10 nitrogen and oxygen atoms in total. The number of halogens is 3. The first-order valence-electron chi connectivity index (χ1n) is 20.9. The minimum atomic E-state index is -5.03. The highest BCUT2D eigenvalue weighted by atomic mass is 32.2. The van der Waals surface area contributed by atoms with E-state index in [2.05, 4.69) is 24.2 Å². The minimum Gasteiger partial charge on any atom is -0.493 e. The summed E-state index contributed by atoms with van der Waals surface area (Å²) in [6.07, 6.45) is -3.81. The predicted octanol–water partition coefficient (Wildman–Crippen LogP) is 11.9. The lowest BCUT2D eigenvalue weighted by Crippen LogP contribution is -2.25. The summed E-state index contributed by atoms with van der Waals surface area (Å²) in [5, 5.41) is 7.29. The molecule has 4 aromatic rings. The number of alkyl halides is 3. The molecular formula is C47H57F3N2O8S2. The Morgan fingerprint density at radius 2 is 1.34 bits per heavy atom. The number of aryl methyl sites for hydroxylation is 1. The number of ether oxygens (including phenoxy) is 2. The number of hydrogen-bond donors (Lipinski definition) is 0. The highest BCUT2D eigenvalue weighted by Crippen LogP contribution is 2.39. The van der Waals surface area contributed by atoms with E-state index in [1.54, 1.807) is 43.3 Å². The Bertz CT molecular complexity index is 2500. The van der Waals surface area contributed by atoms with Crippen molar-refractivity contribution in [3.8, 4) is 11.5 Å². The second-order valence-corrected chi connectivity index (χ2v) is 19.8. The number of oxime groups is 2. The van der Waals surface area contributed by atoms with E-state index in [0.29, 0.717) is 47.4 Å². The lowest BCUT2D eigenvalue weighted by Gasteiger charge is -2.25. The maximum absolute atomic E-state index is 14.2. The van der Waals surface area contributed by atoms with Crippen LogP contribution in [0.4, 0.5) is 13.2 Å². The minimum absolute atomic E-state index is 0.0350. The molecule has 0 amide bonds. The molecule has 5 rings (SSSR count). The van der Waals surface area contributed by atoms with Gasteiger partial charge in [0, 0.05) is 18.4 Å². The highest BCUT2D eigenvalue weighted by molar-refractivity contribution is 7.87. The van der Waals surface area contributed by atoms with E-state index in [-0.39, 0.29) is 58.3 Å². The summed E-state index contributed by atoms with van der Waals surface area (Å²) in [7, 11) is -8.89. The summed E-state index contributed by atoms with van der Waals surface area (Å²) in [6, 6.07) is 19.4. The fourth-order valence-corrected chi connectivity index (χ4v) is 9.96. The van der Waals surface area contributed by atoms with Gasteiger partial charge in [0.05, 0.1) is 18.9 Å². The van der Waals surface area contributed by atoms with Crippen LogP contribution in [0.15, 0.2) is 92.9 Å². The molecule has 0 saturated heterocycles. The zero-order valence-corrected chi connectivity index (χ0v) is 38.6. The van der Waals surface area contributed by atoms with Crippen molar-refractivity contribution >= 4 is 31.7 Å². The van der Waals surface area contributed by atoms with Crippen molar-refractivity contribution in [3.05, 3.63) is 117 Å². The van der Waals surface area contributed by atoms with Gasteiger partial charge in [-0.1, -0.05) is 104 Å². The van der Waals surface area contributed by atoms with Gasteiger partial charge in [0.15, 0.2) is 5.71 Å². The first-order chi connectivity index (χ1) is 29.0. The zero-order chi connectivity index (χ0) is 45.7. The van der Waals surface area contributed by atoms with Gasteiger partial charge in [0.25, 0.3) is 0 Å². The van der Waals surface area contributed by atoms with Gasteiger partial charge < -0.3 is 9.47 Å². The van der Waals surface area contributed by atoms with Crippen molar-refractivity contribution in [2.45, 2.75) is 134 Å². The van der Waals surface area contributed by atoms with Crippen LogP contribution in [-0.4, -0.2) is 47.6 Å². The Labute approximate surface area is 364 Å². The molecule has 1 atom stereocenters. The van der Waals surface area contributed by atoms with E-state index >= 15 is 0 Å². The van der Waals surface area contributed by atoms with Gasteiger partial charge in [-0.05, 0) is 123 Å². The maximum Gasteiger partial charge on any atom is 0.437 e. The standard InChI is InChI=1S/C47H57F3N2O8S2/c1-11-33-24-36(28(2)3)25-40(30(6)7)44(33)61(53,54)60-52-46(47(48,49)50)35-15-19-39(20-16-35)58-22-12-21-57-38-17-13-34(14-18-38)43-23-32(10)42-27-37(29(4)5)26-41(31(8)9)45(42)62(55,56)59-51-43/h13-20,24-32H,11-12,21-23H2,1-10H3/b51-43+,52-46-. The summed E-state index contributed by atoms with van der Waals surface area (Å²) in [5.41, 5.74) is 3.60. The van der Waals surface area contributed by atoms with Crippen molar-refractivity contribution in [3.63, 3.8) is 0 Å². The van der Waals surface area contributed by atoms with Crippen molar-refractivity contribution in [1.82, 2.24) is 0 Å². The summed E-state index contributed by atoms with van der Waals surface area (Å²) in [6.45, 7) is 19.9. The van der Waals surface area contributed by atoms with E-state index in [1.807, 2.05) is 60.6 Å². The molecule has 1 unspecified atom stereocenters. The monoisotopic (exact) mass is 898 g/mol. The molecule has 1 aliphatic heterocycles. The lowest BCUT2D eigenvalue weighted by atomic mass is 9.86. The number of hydrogen-bond acceptors (Lipinski definition) is 10. The molecule has 0 bridgehead atoms. The van der Waals surface area contributed by atoms with Gasteiger partial charge in [-0.2, -0.15) is 30.0 Å². The number of rotatable bonds is 16. The van der Waals surface area contributed by atoms with Crippen molar-refractivity contribution in [2.75, 3.05) is 13.2 Å². The van der Waals surface area contributed by atoms with E-state index in [4.69, 9.17) is 18.0 Å². The van der Waals surface area contributed by atoms with Crippen LogP contribution in [0.25, 0.3) is 0 Å². The number of benzene rings is 4. The zero-order valence-electron chi connectivity index (χ0n) is 37.0. The quantitative estimate of drug-likeness (QED) is 0.0617. The second kappa shape index (κ2) is 19.7. The average Bonchev–Trinajstić information content (AvgIpc) is 3.20. The topological polar surface area (TPSA) is 130 Å². The first-order valence-corrected chi connectivity index (χ1v) is 23.8. The molecule has 62 heavy (non-hydrogen) atoms. The summed E-state index contributed by atoms with van der Waals surface area (Å²) in [4.78, 5) is 0.0401. The van der Waals surface area contributed by atoms with Crippen LogP contribution in [0.1, 0.15) is 156 Å². The molecule has 1 heterocycles. The molecule has 0 spiro atoms. The molecule has 4 aromatic carbocycles. The summed E-state index contributed by atoms with van der Waals surface area (Å²) >= 11 is 0. The van der Waals surface area contributed by atoms with Gasteiger partial charge in [-0.3, -0.25) is 8.57 Å². The van der Waals surface area contributed by atoms with Crippen molar-refractivity contribution in [1.29, 1.82) is 0 Å². The second-order valence-electron chi connectivity index (χ2n) is 16.8. The number of nitrogens with zero attached hydrogens (tertiary/aromatic N) is 2. The molecule has 0 radical (unpaired) electrons. The Kier molecular flexibility index (Phi) is 15.3. The molecule has 0 N–H and O–H groups in total. The molecule has 0 aliphatic carbocycles. The SMILES string of the molecule is CCc1cc(C(C)C)cc(C(C)C)c1S(=O)(=O)O/N=C(/c1ccc(OCCCOc2ccc(/C3=N/OS(=O)(=O)c4c(C(C)C)cc(C(C)C)cc4C(C)C3)cc2)cc1)C(F)(F)F.